The number of ether oxygens (including phenoxy) is 1. The van der Waals surface area contributed by atoms with Gasteiger partial charge in [0, 0.05) is 0 Å². The lowest BCUT2D eigenvalue weighted by molar-refractivity contribution is -0.0752. The smallest absolute Gasteiger partial charge is 0.468 e. The summed E-state index contributed by atoms with van der Waals surface area (Å²) in [6, 6.07) is 0. The SMILES string of the molecule is FC(F)(F)C1=NCCO1. The van der Waals surface area contributed by atoms with Crippen LogP contribution in [0.1, 0.15) is 0 Å². The average Bonchev–Trinajstić information content (AvgIpc) is 2.08. The molecule has 0 N–H and O–H groups in total. The molecule has 2 nitrogen and oxygen atoms in total. The fourth-order valence-corrected chi connectivity index (χ4v) is 0.507. The molecular formula is C4H4F3NO. The van der Waals surface area contributed by atoms with Crippen LogP contribution in [0.3, 0.4) is 0 Å². The first-order chi connectivity index (χ1) is 4.11. The third-order valence-corrected chi connectivity index (χ3v) is 0.828. The first-order valence-electron chi connectivity index (χ1n) is 2.35. The maximum Gasteiger partial charge on any atom is 0.468 e. The lowest BCUT2D eigenvalue weighted by Crippen LogP contribution is -2.22. The van der Waals surface area contributed by atoms with Gasteiger partial charge in [0.2, 0.25) is 0 Å². The van der Waals surface area contributed by atoms with Crippen LogP contribution in [0.2, 0.25) is 0 Å². The van der Waals surface area contributed by atoms with Gasteiger partial charge in [-0.3, -0.25) is 0 Å². The van der Waals surface area contributed by atoms with Crippen LogP contribution >= 0.6 is 0 Å². The highest BCUT2D eigenvalue weighted by atomic mass is 19.4. The summed E-state index contributed by atoms with van der Waals surface area (Å²) in [6.07, 6.45) is -4.39. The van der Waals surface area contributed by atoms with Gasteiger partial charge >= 0.3 is 6.18 Å². The largest absolute Gasteiger partial charge is 0.473 e. The van der Waals surface area contributed by atoms with Crippen LogP contribution in [0.4, 0.5) is 13.2 Å². The van der Waals surface area contributed by atoms with Crippen molar-refractivity contribution in [3.8, 4) is 0 Å². The normalized spacial score (nSPS) is 19.2. The lowest BCUT2D eigenvalue weighted by Gasteiger charge is -2.03. The molecule has 0 saturated carbocycles. The highest BCUT2D eigenvalue weighted by Crippen LogP contribution is 2.19. The maximum atomic E-state index is 11.5. The van der Waals surface area contributed by atoms with Crippen LogP contribution in [-0.4, -0.2) is 25.2 Å². The molecule has 0 aromatic heterocycles. The highest BCUT2D eigenvalue weighted by molar-refractivity contribution is 5.82. The summed E-state index contributed by atoms with van der Waals surface area (Å²) in [4.78, 5) is 3.08. The van der Waals surface area contributed by atoms with Gasteiger partial charge in [-0.2, -0.15) is 13.2 Å². The predicted octanol–water partition coefficient (Wildman–Crippen LogP) is 0.977. The summed E-state index contributed by atoms with van der Waals surface area (Å²) in [7, 11) is 0. The lowest BCUT2D eigenvalue weighted by atomic mass is 10.6. The molecule has 1 aliphatic rings. The van der Waals surface area contributed by atoms with Gasteiger partial charge in [-0.1, -0.05) is 0 Å². The minimum absolute atomic E-state index is 0.0504. The Morgan fingerprint density at radius 2 is 2.11 bits per heavy atom. The third kappa shape index (κ3) is 1.34. The number of aliphatic imine (C=N–C) groups is 1. The van der Waals surface area contributed by atoms with E-state index in [9.17, 15) is 13.2 Å². The van der Waals surface area contributed by atoms with Crippen molar-refractivity contribution in [1.29, 1.82) is 0 Å². The van der Waals surface area contributed by atoms with Crippen LogP contribution in [-0.2, 0) is 4.74 Å². The van der Waals surface area contributed by atoms with Crippen molar-refractivity contribution in [2.75, 3.05) is 13.2 Å². The van der Waals surface area contributed by atoms with Gasteiger partial charge in [-0.05, 0) is 0 Å². The van der Waals surface area contributed by atoms with Gasteiger partial charge in [0.15, 0.2) is 0 Å². The van der Waals surface area contributed by atoms with Crippen molar-refractivity contribution in [3.63, 3.8) is 0 Å². The second-order valence-corrected chi connectivity index (χ2v) is 1.53. The molecule has 0 atom stereocenters. The van der Waals surface area contributed by atoms with E-state index in [0.717, 1.165) is 0 Å². The van der Waals surface area contributed by atoms with Crippen molar-refractivity contribution in [2.45, 2.75) is 6.18 Å². The molecule has 0 spiro atoms. The van der Waals surface area contributed by atoms with Crippen molar-refractivity contribution in [1.82, 2.24) is 0 Å². The Hall–Kier alpha value is -0.740. The van der Waals surface area contributed by atoms with Gasteiger partial charge in [-0.25, -0.2) is 4.99 Å². The standard InChI is InChI=1S/C4H4F3NO/c5-4(6,7)3-8-1-2-9-3/h1-2H2. The number of hydrogen-bond donors (Lipinski definition) is 0. The maximum absolute atomic E-state index is 11.5. The van der Waals surface area contributed by atoms with E-state index < -0.39 is 12.1 Å². The van der Waals surface area contributed by atoms with Crippen LogP contribution in [0, 0.1) is 0 Å². The highest BCUT2D eigenvalue weighted by Gasteiger charge is 2.39. The molecule has 9 heavy (non-hydrogen) atoms. The van der Waals surface area contributed by atoms with Gasteiger partial charge < -0.3 is 4.74 Å². The Bertz CT molecular complexity index is 139. The molecule has 1 aliphatic heterocycles. The molecule has 0 aliphatic carbocycles. The molecule has 0 fully saturated rings. The molecule has 0 bridgehead atoms. The number of rotatable bonds is 0. The predicted molar refractivity (Wildman–Crippen MR) is 24.3 cm³/mol. The summed E-state index contributed by atoms with van der Waals surface area (Å²) >= 11 is 0. The summed E-state index contributed by atoms with van der Waals surface area (Å²) in [5.41, 5.74) is 0. The van der Waals surface area contributed by atoms with E-state index in [4.69, 9.17) is 0 Å². The van der Waals surface area contributed by atoms with Crippen molar-refractivity contribution in [3.05, 3.63) is 0 Å². The molecule has 1 rings (SSSR count). The molecule has 52 valence electrons. The molecule has 5 heteroatoms. The molecule has 0 amide bonds. The minimum atomic E-state index is -4.39. The van der Waals surface area contributed by atoms with Crippen LogP contribution in [0.5, 0.6) is 0 Å². The topological polar surface area (TPSA) is 21.6 Å². The Kier molecular flexibility index (Phi) is 1.34. The monoisotopic (exact) mass is 139 g/mol. The number of halogens is 3. The number of hydrogen-bond acceptors (Lipinski definition) is 2. The van der Waals surface area contributed by atoms with E-state index in [-0.39, 0.29) is 13.2 Å². The summed E-state index contributed by atoms with van der Waals surface area (Å²) in [5, 5.41) is 0. The summed E-state index contributed by atoms with van der Waals surface area (Å²) in [6.45, 7) is 0.170. The fourth-order valence-electron chi connectivity index (χ4n) is 0.507. The van der Waals surface area contributed by atoms with E-state index in [1.54, 1.807) is 0 Å². The van der Waals surface area contributed by atoms with Gasteiger partial charge in [0.05, 0.1) is 6.54 Å². The van der Waals surface area contributed by atoms with Gasteiger partial charge in [0.1, 0.15) is 6.61 Å². The Morgan fingerprint density at radius 3 is 2.33 bits per heavy atom. The van der Waals surface area contributed by atoms with E-state index in [1.165, 1.54) is 0 Å². The average molecular weight is 139 g/mol. The number of nitrogens with zero attached hydrogens (tertiary/aromatic N) is 1. The second kappa shape index (κ2) is 1.89. The first kappa shape index (κ1) is 6.38. The Labute approximate surface area is 49.3 Å². The van der Waals surface area contributed by atoms with Crippen LogP contribution in [0.15, 0.2) is 4.99 Å². The fraction of sp³-hybridized carbons (Fsp3) is 0.750. The summed E-state index contributed by atoms with van der Waals surface area (Å²) < 4.78 is 38.7. The zero-order valence-corrected chi connectivity index (χ0v) is 4.40. The molecule has 1 heterocycles. The minimum Gasteiger partial charge on any atom is -0.473 e. The van der Waals surface area contributed by atoms with Crippen molar-refractivity contribution >= 4 is 5.90 Å². The van der Waals surface area contributed by atoms with Crippen molar-refractivity contribution < 1.29 is 17.9 Å². The quantitative estimate of drug-likeness (QED) is 0.490. The molecular weight excluding hydrogens is 135 g/mol. The Balaban J connectivity index is 2.61. The molecule has 0 unspecified atom stereocenters. The zero-order chi connectivity index (χ0) is 6.91. The first-order valence-corrected chi connectivity index (χ1v) is 2.35. The number of alkyl halides is 3. The summed E-state index contributed by atoms with van der Waals surface area (Å²) in [5.74, 6) is -1.09. The van der Waals surface area contributed by atoms with E-state index >= 15 is 0 Å². The van der Waals surface area contributed by atoms with Gasteiger partial charge in [-0.15, -0.1) is 0 Å². The third-order valence-electron chi connectivity index (χ3n) is 0.828. The molecule has 0 radical (unpaired) electrons. The molecule has 0 aromatic rings. The molecule has 0 aromatic carbocycles. The van der Waals surface area contributed by atoms with E-state index in [2.05, 4.69) is 9.73 Å². The Morgan fingerprint density at radius 1 is 1.44 bits per heavy atom. The molecule has 0 saturated heterocycles. The second-order valence-electron chi connectivity index (χ2n) is 1.53. The van der Waals surface area contributed by atoms with Gasteiger partial charge in [0.25, 0.3) is 5.90 Å². The zero-order valence-electron chi connectivity index (χ0n) is 4.40. The van der Waals surface area contributed by atoms with E-state index in [0.29, 0.717) is 0 Å². The van der Waals surface area contributed by atoms with Crippen LogP contribution < -0.4 is 0 Å². The van der Waals surface area contributed by atoms with E-state index in [1.807, 2.05) is 0 Å². The van der Waals surface area contributed by atoms with Crippen LogP contribution in [0.25, 0.3) is 0 Å². The van der Waals surface area contributed by atoms with Crippen molar-refractivity contribution in [2.24, 2.45) is 4.99 Å².